The molecule has 3 heteroatoms. The molecule has 2 atom stereocenters. The average Bonchev–Trinajstić information content (AvgIpc) is 2.34. The van der Waals surface area contributed by atoms with Gasteiger partial charge in [-0.3, -0.25) is 0 Å². The quantitative estimate of drug-likeness (QED) is 0.463. The third-order valence-corrected chi connectivity index (χ3v) is 1.92. The molecule has 58 valence electrons. The van der Waals surface area contributed by atoms with Crippen LogP contribution in [0.3, 0.4) is 0 Å². The molecule has 0 saturated carbocycles. The Bertz CT molecular complexity index is 265. The highest BCUT2D eigenvalue weighted by Crippen LogP contribution is 2.12. The third kappa shape index (κ3) is 0.982. The van der Waals surface area contributed by atoms with Gasteiger partial charge in [0.25, 0.3) is 0 Å². The van der Waals surface area contributed by atoms with E-state index < -0.39 is 0 Å². The van der Waals surface area contributed by atoms with Gasteiger partial charge in [-0.2, -0.15) is 0 Å². The first-order chi connectivity index (χ1) is 5.27. The van der Waals surface area contributed by atoms with Crippen LogP contribution in [0.25, 0.3) is 0 Å². The van der Waals surface area contributed by atoms with Gasteiger partial charge in [-0.05, 0) is 19.1 Å². The van der Waals surface area contributed by atoms with Crippen molar-refractivity contribution in [3.05, 3.63) is 40.9 Å². The predicted octanol–water partition coefficient (Wildman–Crippen LogP) is -0.344. The van der Waals surface area contributed by atoms with E-state index >= 15 is 0 Å². The van der Waals surface area contributed by atoms with Crippen molar-refractivity contribution in [2.45, 2.75) is 13.1 Å². The Labute approximate surface area is 65.3 Å². The molecule has 0 aromatic heterocycles. The highest BCUT2D eigenvalue weighted by molar-refractivity contribution is 5.36. The van der Waals surface area contributed by atoms with Gasteiger partial charge < -0.3 is 15.6 Å². The van der Waals surface area contributed by atoms with Crippen molar-refractivity contribution in [1.82, 2.24) is 5.32 Å². The van der Waals surface area contributed by atoms with E-state index in [4.69, 9.17) is 0 Å². The lowest BCUT2D eigenvalue weighted by atomic mass is 10.1. The predicted molar refractivity (Wildman–Crippen MR) is 42.2 cm³/mol. The van der Waals surface area contributed by atoms with Crippen molar-refractivity contribution in [3.8, 4) is 0 Å². The lowest BCUT2D eigenvalue weighted by molar-refractivity contribution is -0.818. The van der Waals surface area contributed by atoms with Crippen LogP contribution in [-0.2, 0) is 0 Å². The third-order valence-electron chi connectivity index (χ3n) is 1.92. The number of quaternary nitrogens is 1. The van der Waals surface area contributed by atoms with Gasteiger partial charge in [-0.15, -0.1) is 0 Å². The molecule has 0 fully saturated rings. The first-order valence-corrected chi connectivity index (χ1v) is 3.64. The van der Waals surface area contributed by atoms with Crippen LogP contribution in [0.2, 0.25) is 0 Å². The summed E-state index contributed by atoms with van der Waals surface area (Å²) >= 11 is 0. The Morgan fingerprint density at radius 1 is 1.64 bits per heavy atom. The highest BCUT2D eigenvalue weighted by atomic mass is 16.5. The molecule has 0 bridgehead atoms. The fourth-order valence-corrected chi connectivity index (χ4v) is 1.42. The maximum Gasteiger partial charge on any atom is 0.190 e. The van der Waals surface area contributed by atoms with Crippen LogP contribution in [-0.4, -0.2) is 6.17 Å². The largest absolute Gasteiger partial charge is 0.627 e. The monoisotopic (exact) mass is 150 g/mol. The second-order valence-electron chi connectivity index (χ2n) is 2.87. The Hall–Kier alpha value is -1.06. The Kier molecular flexibility index (Phi) is 1.34. The molecule has 0 aliphatic carbocycles. The van der Waals surface area contributed by atoms with Crippen molar-refractivity contribution in [2.75, 3.05) is 0 Å². The van der Waals surface area contributed by atoms with Crippen molar-refractivity contribution >= 4 is 0 Å². The second kappa shape index (κ2) is 2.22. The van der Waals surface area contributed by atoms with Gasteiger partial charge in [0.1, 0.15) is 0 Å². The fourth-order valence-electron chi connectivity index (χ4n) is 1.42. The summed E-state index contributed by atoms with van der Waals surface area (Å²) in [6.45, 7) is 1.94. The van der Waals surface area contributed by atoms with Crippen molar-refractivity contribution in [1.29, 1.82) is 0 Å². The average molecular weight is 150 g/mol. The molecule has 2 rings (SSSR count). The van der Waals surface area contributed by atoms with Crippen molar-refractivity contribution < 1.29 is 5.06 Å². The van der Waals surface area contributed by atoms with Crippen LogP contribution in [0.4, 0.5) is 0 Å². The van der Waals surface area contributed by atoms with E-state index in [1.807, 2.05) is 25.3 Å². The lowest BCUT2D eigenvalue weighted by Gasteiger charge is -2.29. The normalized spacial score (nSPS) is 34.0. The maximum atomic E-state index is 11.3. The summed E-state index contributed by atoms with van der Waals surface area (Å²) in [5, 5.41) is 14.4. The Balaban J connectivity index is 2.35. The zero-order valence-corrected chi connectivity index (χ0v) is 6.29. The molecular formula is C8H10N2O. The number of hydrogen-bond donors (Lipinski definition) is 2. The first-order valence-electron chi connectivity index (χ1n) is 3.64. The molecule has 0 spiro atoms. The fraction of sp³-hybridized carbons (Fsp3) is 0.250. The van der Waals surface area contributed by atoms with Crippen molar-refractivity contribution in [3.63, 3.8) is 0 Å². The zero-order valence-electron chi connectivity index (χ0n) is 6.29. The van der Waals surface area contributed by atoms with Crippen LogP contribution in [0.15, 0.2) is 35.7 Å². The van der Waals surface area contributed by atoms with Crippen LogP contribution in [0.1, 0.15) is 6.92 Å². The number of hydroxylamine groups is 2. The van der Waals surface area contributed by atoms with Crippen LogP contribution in [0.5, 0.6) is 0 Å². The van der Waals surface area contributed by atoms with Crippen LogP contribution >= 0.6 is 0 Å². The van der Waals surface area contributed by atoms with Crippen molar-refractivity contribution in [2.24, 2.45) is 0 Å². The Morgan fingerprint density at radius 3 is 3.27 bits per heavy atom. The number of rotatable bonds is 0. The maximum absolute atomic E-state index is 11.3. The topological polar surface area (TPSA) is 39.5 Å². The smallest absolute Gasteiger partial charge is 0.190 e. The number of nitrogens with one attached hydrogen (secondary N) is 2. The molecule has 2 N–H and O–H groups in total. The van der Waals surface area contributed by atoms with Crippen LogP contribution in [0, 0.1) is 5.21 Å². The van der Waals surface area contributed by atoms with Gasteiger partial charge in [0.05, 0.1) is 6.20 Å². The minimum atomic E-state index is -0.0984. The molecule has 2 aliphatic heterocycles. The minimum absolute atomic E-state index is 0.0984. The SMILES string of the molecule is CC1=C[NH+]([O-])C2NC=CC2=C1. The molecule has 0 aromatic rings. The summed E-state index contributed by atoms with van der Waals surface area (Å²) in [5.74, 6) is 0. The first kappa shape index (κ1) is 6.64. The van der Waals surface area contributed by atoms with E-state index in [0.29, 0.717) is 0 Å². The van der Waals surface area contributed by atoms with E-state index in [0.717, 1.165) is 11.1 Å². The molecule has 0 amide bonds. The summed E-state index contributed by atoms with van der Waals surface area (Å²) in [5.41, 5.74) is 2.12. The summed E-state index contributed by atoms with van der Waals surface area (Å²) in [6.07, 6.45) is 7.37. The van der Waals surface area contributed by atoms with E-state index in [1.165, 1.54) is 0 Å². The van der Waals surface area contributed by atoms with E-state index in [-0.39, 0.29) is 11.2 Å². The lowest BCUT2D eigenvalue weighted by Crippen LogP contribution is -3.09. The molecular weight excluding hydrogens is 140 g/mol. The molecule has 2 heterocycles. The number of allylic oxidation sites excluding steroid dienone is 2. The van der Waals surface area contributed by atoms with E-state index in [2.05, 4.69) is 5.32 Å². The molecule has 11 heavy (non-hydrogen) atoms. The van der Waals surface area contributed by atoms with Gasteiger partial charge in [-0.25, -0.2) is 0 Å². The highest BCUT2D eigenvalue weighted by Gasteiger charge is 2.23. The van der Waals surface area contributed by atoms with Gasteiger partial charge in [-0.1, -0.05) is 0 Å². The zero-order chi connectivity index (χ0) is 7.84. The van der Waals surface area contributed by atoms with Gasteiger partial charge >= 0.3 is 0 Å². The molecule has 2 unspecified atom stereocenters. The Morgan fingerprint density at radius 2 is 2.45 bits per heavy atom. The second-order valence-corrected chi connectivity index (χ2v) is 2.87. The van der Waals surface area contributed by atoms with Gasteiger partial charge in [0, 0.05) is 17.3 Å². The van der Waals surface area contributed by atoms with Gasteiger partial charge in [0.15, 0.2) is 6.17 Å². The van der Waals surface area contributed by atoms with E-state index in [9.17, 15) is 5.21 Å². The molecule has 2 aliphatic rings. The van der Waals surface area contributed by atoms with Crippen LogP contribution < -0.4 is 10.4 Å². The molecule has 0 radical (unpaired) electrons. The summed E-state index contributed by atoms with van der Waals surface area (Å²) < 4.78 is 0. The van der Waals surface area contributed by atoms with E-state index in [1.54, 1.807) is 6.20 Å². The summed E-state index contributed by atoms with van der Waals surface area (Å²) in [6, 6.07) is 0. The molecule has 3 nitrogen and oxygen atoms in total. The molecule has 0 aromatic carbocycles. The number of fused-ring (bicyclic) bond motifs is 1. The standard InChI is InChI=1S/C8H10N2O/c1-6-4-7-2-3-9-8(7)10(11)5-6/h2-5,8-10H,1H3. The minimum Gasteiger partial charge on any atom is -0.627 e. The number of hydrogen-bond acceptors (Lipinski definition) is 2. The summed E-state index contributed by atoms with van der Waals surface area (Å²) in [4.78, 5) is 0. The van der Waals surface area contributed by atoms with Gasteiger partial charge in [0.2, 0.25) is 0 Å². The molecule has 0 saturated heterocycles. The summed E-state index contributed by atoms with van der Waals surface area (Å²) in [7, 11) is 0.